The summed E-state index contributed by atoms with van der Waals surface area (Å²) in [5.41, 5.74) is 3.99. The zero-order chi connectivity index (χ0) is 16.9. The van der Waals surface area contributed by atoms with Crippen LogP contribution in [0.1, 0.15) is 16.1 Å². The quantitative estimate of drug-likeness (QED) is 0.656. The van der Waals surface area contributed by atoms with Crippen LogP contribution in [0.15, 0.2) is 71.3 Å². The van der Waals surface area contributed by atoms with Crippen LogP contribution < -0.4 is 10.6 Å². The van der Waals surface area contributed by atoms with Gasteiger partial charge in [-0.2, -0.15) is 0 Å². The van der Waals surface area contributed by atoms with Crippen LogP contribution in [0.4, 0.5) is 17.1 Å². The van der Waals surface area contributed by atoms with E-state index in [2.05, 4.69) is 31.5 Å². The molecule has 3 rings (SSSR count). The number of amides is 1. The van der Waals surface area contributed by atoms with E-state index in [9.17, 15) is 4.79 Å². The van der Waals surface area contributed by atoms with Crippen molar-refractivity contribution in [1.29, 1.82) is 0 Å². The number of aryl methyl sites for hydroxylation is 1. The lowest BCUT2D eigenvalue weighted by atomic mass is 10.2. The molecule has 0 aliphatic heterocycles. The highest BCUT2D eigenvalue weighted by Crippen LogP contribution is 2.20. The summed E-state index contributed by atoms with van der Waals surface area (Å²) in [5.74, 6) is -0.227. The van der Waals surface area contributed by atoms with Crippen molar-refractivity contribution < 1.29 is 4.79 Å². The Morgan fingerprint density at radius 1 is 0.958 bits per heavy atom. The molecule has 0 spiro atoms. The molecule has 0 saturated heterocycles. The number of carbonyl (C=O) groups excluding carboxylic acids is 1. The maximum Gasteiger partial charge on any atom is 0.274 e. The van der Waals surface area contributed by atoms with Gasteiger partial charge in [0.15, 0.2) is 0 Å². The van der Waals surface area contributed by atoms with E-state index >= 15 is 0 Å². The fourth-order valence-electron chi connectivity index (χ4n) is 2.25. The number of anilines is 3. The first kappa shape index (κ1) is 16.2. The summed E-state index contributed by atoms with van der Waals surface area (Å²) in [5, 5.41) is 6.09. The number of hydrogen-bond donors (Lipinski definition) is 2. The fraction of sp³-hybridized carbons (Fsp3) is 0.0526. The molecule has 0 aliphatic carbocycles. The van der Waals surface area contributed by atoms with E-state index < -0.39 is 0 Å². The minimum Gasteiger partial charge on any atom is -0.354 e. The maximum absolute atomic E-state index is 12.2. The zero-order valence-corrected chi connectivity index (χ0v) is 14.7. The second-order valence-corrected chi connectivity index (χ2v) is 6.31. The SMILES string of the molecule is Cc1cccc(NC(=O)c2ccc(Nc3cccc(Br)c3)cn2)c1. The number of rotatable bonds is 4. The van der Waals surface area contributed by atoms with E-state index in [0.29, 0.717) is 5.69 Å². The Balaban J connectivity index is 1.68. The molecule has 5 heteroatoms. The van der Waals surface area contributed by atoms with Gasteiger partial charge in [0.2, 0.25) is 0 Å². The Kier molecular flexibility index (Phi) is 4.91. The minimum atomic E-state index is -0.227. The van der Waals surface area contributed by atoms with Crippen LogP contribution in [0.25, 0.3) is 0 Å². The number of hydrogen-bond acceptors (Lipinski definition) is 3. The van der Waals surface area contributed by atoms with Gasteiger partial charge >= 0.3 is 0 Å². The monoisotopic (exact) mass is 381 g/mol. The summed E-state index contributed by atoms with van der Waals surface area (Å²) in [4.78, 5) is 16.5. The molecule has 1 amide bonds. The summed E-state index contributed by atoms with van der Waals surface area (Å²) >= 11 is 3.43. The van der Waals surface area contributed by atoms with Gasteiger partial charge in [0.1, 0.15) is 5.69 Å². The lowest BCUT2D eigenvalue weighted by Gasteiger charge is -2.08. The Bertz CT molecular complexity index is 862. The number of pyridine rings is 1. The van der Waals surface area contributed by atoms with E-state index in [1.807, 2.05) is 61.5 Å². The van der Waals surface area contributed by atoms with Gasteiger partial charge in [-0.1, -0.05) is 34.1 Å². The van der Waals surface area contributed by atoms with Crippen LogP contribution in [0.2, 0.25) is 0 Å². The van der Waals surface area contributed by atoms with E-state index in [1.165, 1.54) is 0 Å². The van der Waals surface area contributed by atoms with Crippen molar-refractivity contribution in [2.24, 2.45) is 0 Å². The van der Waals surface area contributed by atoms with Gasteiger partial charge in [0.25, 0.3) is 5.91 Å². The molecule has 3 aromatic rings. The average Bonchev–Trinajstić information content (AvgIpc) is 2.55. The summed E-state index contributed by atoms with van der Waals surface area (Å²) < 4.78 is 0.995. The largest absolute Gasteiger partial charge is 0.354 e. The second kappa shape index (κ2) is 7.27. The Morgan fingerprint density at radius 2 is 1.75 bits per heavy atom. The predicted octanol–water partition coefficient (Wildman–Crippen LogP) is 5.15. The molecule has 0 aliphatic rings. The van der Waals surface area contributed by atoms with Crippen LogP contribution in [0.3, 0.4) is 0 Å². The molecule has 2 N–H and O–H groups in total. The molecular formula is C19H16BrN3O. The van der Waals surface area contributed by atoms with Crippen LogP contribution in [0, 0.1) is 6.92 Å². The molecule has 0 fully saturated rings. The summed E-state index contributed by atoms with van der Waals surface area (Å²) in [7, 11) is 0. The standard InChI is InChI=1S/C19H16BrN3O/c1-13-4-2-6-15(10-13)23-19(24)18-9-8-17(12-21-18)22-16-7-3-5-14(20)11-16/h2-12,22H,1H3,(H,23,24). The number of nitrogens with one attached hydrogen (secondary N) is 2. The first-order valence-corrected chi connectivity index (χ1v) is 8.26. The molecule has 24 heavy (non-hydrogen) atoms. The van der Waals surface area contributed by atoms with Crippen molar-refractivity contribution in [3.05, 3.63) is 82.6 Å². The minimum absolute atomic E-state index is 0.227. The van der Waals surface area contributed by atoms with Gasteiger partial charge in [0, 0.05) is 15.8 Å². The van der Waals surface area contributed by atoms with Gasteiger partial charge in [-0.3, -0.25) is 4.79 Å². The van der Waals surface area contributed by atoms with Crippen molar-refractivity contribution >= 4 is 38.9 Å². The van der Waals surface area contributed by atoms with E-state index in [4.69, 9.17) is 0 Å². The van der Waals surface area contributed by atoms with Crippen molar-refractivity contribution in [2.45, 2.75) is 6.92 Å². The average molecular weight is 382 g/mol. The summed E-state index contributed by atoms with van der Waals surface area (Å²) in [6.45, 7) is 1.98. The number of nitrogens with zero attached hydrogens (tertiary/aromatic N) is 1. The third kappa shape index (κ3) is 4.20. The van der Waals surface area contributed by atoms with Crippen molar-refractivity contribution in [3.63, 3.8) is 0 Å². The lowest BCUT2D eigenvalue weighted by Crippen LogP contribution is -2.13. The maximum atomic E-state index is 12.2. The number of halogens is 1. The molecule has 0 saturated carbocycles. The Hall–Kier alpha value is -2.66. The van der Waals surface area contributed by atoms with Crippen molar-refractivity contribution in [1.82, 2.24) is 4.98 Å². The molecule has 0 bridgehead atoms. The van der Waals surface area contributed by atoms with E-state index in [-0.39, 0.29) is 5.91 Å². The normalized spacial score (nSPS) is 10.2. The van der Waals surface area contributed by atoms with Crippen LogP contribution in [-0.2, 0) is 0 Å². The molecule has 0 radical (unpaired) electrons. The third-order valence-corrected chi connectivity index (χ3v) is 3.88. The van der Waals surface area contributed by atoms with Gasteiger partial charge < -0.3 is 10.6 Å². The number of benzene rings is 2. The molecule has 120 valence electrons. The number of carbonyl (C=O) groups is 1. The van der Waals surface area contributed by atoms with Crippen LogP contribution in [-0.4, -0.2) is 10.9 Å². The molecule has 1 heterocycles. The first-order valence-electron chi connectivity index (χ1n) is 7.47. The van der Waals surface area contributed by atoms with Crippen LogP contribution in [0.5, 0.6) is 0 Å². The topological polar surface area (TPSA) is 54.0 Å². The predicted molar refractivity (Wildman–Crippen MR) is 101 cm³/mol. The highest BCUT2D eigenvalue weighted by Gasteiger charge is 2.08. The summed E-state index contributed by atoms with van der Waals surface area (Å²) in [6, 6.07) is 19.0. The van der Waals surface area contributed by atoms with E-state index in [1.54, 1.807) is 12.3 Å². The van der Waals surface area contributed by atoms with E-state index in [0.717, 1.165) is 27.1 Å². The molecular weight excluding hydrogens is 366 g/mol. The van der Waals surface area contributed by atoms with Crippen molar-refractivity contribution in [3.8, 4) is 0 Å². The molecule has 4 nitrogen and oxygen atoms in total. The van der Waals surface area contributed by atoms with Gasteiger partial charge in [-0.15, -0.1) is 0 Å². The molecule has 0 unspecified atom stereocenters. The van der Waals surface area contributed by atoms with Gasteiger partial charge in [0.05, 0.1) is 11.9 Å². The second-order valence-electron chi connectivity index (χ2n) is 5.39. The van der Waals surface area contributed by atoms with Crippen LogP contribution >= 0.6 is 15.9 Å². The molecule has 2 aromatic carbocycles. The highest BCUT2D eigenvalue weighted by atomic mass is 79.9. The lowest BCUT2D eigenvalue weighted by molar-refractivity contribution is 0.102. The first-order chi connectivity index (χ1) is 11.6. The Morgan fingerprint density at radius 3 is 2.46 bits per heavy atom. The number of aromatic nitrogens is 1. The summed E-state index contributed by atoms with van der Waals surface area (Å²) in [6.07, 6.45) is 1.64. The molecule has 1 aromatic heterocycles. The van der Waals surface area contributed by atoms with Crippen molar-refractivity contribution in [2.75, 3.05) is 10.6 Å². The zero-order valence-electron chi connectivity index (χ0n) is 13.1. The smallest absolute Gasteiger partial charge is 0.274 e. The van der Waals surface area contributed by atoms with Gasteiger partial charge in [-0.05, 0) is 55.0 Å². The third-order valence-electron chi connectivity index (χ3n) is 3.39. The molecule has 0 atom stereocenters. The highest BCUT2D eigenvalue weighted by molar-refractivity contribution is 9.10. The fourth-order valence-corrected chi connectivity index (χ4v) is 2.65. The van der Waals surface area contributed by atoms with Gasteiger partial charge in [-0.25, -0.2) is 4.98 Å². The Labute approximate surface area is 149 Å².